The minimum atomic E-state index is -4.10. The summed E-state index contributed by atoms with van der Waals surface area (Å²) in [6, 6.07) is 0. The second-order valence-electron chi connectivity index (χ2n) is 7.72. The molecule has 0 aromatic rings. The molecular weight excluding hydrogens is 444 g/mol. The van der Waals surface area contributed by atoms with Crippen LogP contribution in [0, 0.1) is 11.3 Å². The van der Waals surface area contributed by atoms with Gasteiger partial charge in [-0.1, -0.05) is 6.42 Å². The van der Waals surface area contributed by atoms with Crippen molar-refractivity contribution in [3.05, 3.63) is 0 Å². The van der Waals surface area contributed by atoms with Crippen molar-refractivity contribution in [2.45, 2.75) is 45.2 Å². The quantitative estimate of drug-likeness (QED) is 0.386. The predicted molar refractivity (Wildman–Crippen MR) is 104 cm³/mol. The van der Waals surface area contributed by atoms with Crippen molar-refractivity contribution in [2.24, 2.45) is 16.3 Å². The van der Waals surface area contributed by atoms with E-state index in [2.05, 4.69) is 17.1 Å². The molecule has 2 saturated heterocycles. The number of likely N-dealkylation sites (tertiary alicyclic amines) is 2. The van der Waals surface area contributed by atoms with E-state index in [1.165, 1.54) is 30.6 Å². The molecule has 3 fully saturated rings. The molecule has 0 aromatic carbocycles. The zero-order valence-electron chi connectivity index (χ0n) is 14.9. The number of hydrogen-bond acceptors (Lipinski definition) is 2. The summed E-state index contributed by atoms with van der Waals surface area (Å²) in [6.07, 6.45) is 1.97. The van der Waals surface area contributed by atoms with Crippen LogP contribution in [-0.4, -0.2) is 67.7 Å². The number of hydrogen-bond donors (Lipinski definition) is 1. The van der Waals surface area contributed by atoms with Crippen molar-refractivity contribution < 1.29 is 13.2 Å². The van der Waals surface area contributed by atoms with Crippen molar-refractivity contribution in [1.29, 1.82) is 0 Å². The molecule has 1 unspecified atom stereocenters. The summed E-state index contributed by atoms with van der Waals surface area (Å²) in [7, 11) is 0. The van der Waals surface area contributed by atoms with Gasteiger partial charge in [-0.2, -0.15) is 13.2 Å². The van der Waals surface area contributed by atoms with Crippen LogP contribution >= 0.6 is 24.0 Å². The molecule has 4 nitrogen and oxygen atoms in total. The smallest absolute Gasteiger partial charge is 0.357 e. The van der Waals surface area contributed by atoms with Crippen LogP contribution in [0.5, 0.6) is 0 Å². The lowest BCUT2D eigenvalue weighted by atomic mass is 9.68. The van der Waals surface area contributed by atoms with Crippen LogP contribution in [0.2, 0.25) is 0 Å². The maximum Gasteiger partial charge on any atom is 0.401 e. The van der Waals surface area contributed by atoms with Gasteiger partial charge in [0, 0.05) is 32.7 Å². The van der Waals surface area contributed by atoms with Gasteiger partial charge in [0.25, 0.3) is 0 Å². The standard InChI is InChI=1S/C17H29F3N4.HI/c1-2-21-15(24-9-7-16(12-24)5-3-6-16)22-10-14-4-8-23(11-14)13-17(18,19)20;/h14H,2-13H2,1H3,(H,21,22);1H. The van der Waals surface area contributed by atoms with Crippen LogP contribution in [0.25, 0.3) is 0 Å². The molecule has 1 N–H and O–H groups in total. The normalized spacial score (nSPS) is 26.6. The van der Waals surface area contributed by atoms with Crippen molar-refractivity contribution in [3.8, 4) is 0 Å². The molecule has 146 valence electrons. The largest absolute Gasteiger partial charge is 0.401 e. The summed E-state index contributed by atoms with van der Waals surface area (Å²) in [5.41, 5.74) is 0.521. The van der Waals surface area contributed by atoms with Gasteiger partial charge in [0.15, 0.2) is 5.96 Å². The lowest BCUT2D eigenvalue weighted by molar-refractivity contribution is -0.143. The Morgan fingerprint density at radius 2 is 2.00 bits per heavy atom. The SMILES string of the molecule is CCNC(=NCC1CCN(CC(F)(F)F)C1)N1CCC2(CCC2)C1.I. The molecule has 8 heteroatoms. The number of rotatable bonds is 4. The summed E-state index contributed by atoms with van der Waals surface area (Å²) in [6.45, 7) is 5.90. The third-order valence-electron chi connectivity index (χ3n) is 5.76. The van der Waals surface area contributed by atoms with Gasteiger partial charge in [0.2, 0.25) is 0 Å². The highest BCUT2D eigenvalue weighted by Gasteiger charge is 2.43. The summed E-state index contributed by atoms with van der Waals surface area (Å²) < 4.78 is 37.4. The zero-order chi connectivity index (χ0) is 17.2. The number of nitrogens with zero attached hydrogens (tertiary/aromatic N) is 3. The van der Waals surface area contributed by atoms with Crippen molar-refractivity contribution in [2.75, 3.05) is 45.8 Å². The molecule has 1 spiro atoms. The van der Waals surface area contributed by atoms with Crippen molar-refractivity contribution in [1.82, 2.24) is 15.1 Å². The van der Waals surface area contributed by atoms with Gasteiger partial charge in [0.05, 0.1) is 6.54 Å². The van der Waals surface area contributed by atoms with E-state index >= 15 is 0 Å². The Bertz CT molecular complexity index is 465. The Balaban J connectivity index is 0.00000225. The first kappa shape index (κ1) is 21.1. The second kappa shape index (κ2) is 8.63. The van der Waals surface area contributed by atoms with Gasteiger partial charge in [-0.25, -0.2) is 0 Å². The molecule has 3 rings (SSSR count). The molecule has 1 saturated carbocycles. The summed E-state index contributed by atoms with van der Waals surface area (Å²) in [5.74, 6) is 1.19. The molecule has 1 atom stereocenters. The topological polar surface area (TPSA) is 30.9 Å². The fourth-order valence-electron chi connectivity index (χ4n) is 4.30. The van der Waals surface area contributed by atoms with E-state index in [1.54, 1.807) is 0 Å². The van der Waals surface area contributed by atoms with Gasteiger partial charge in [-0.05, 0) is 50.5 Å². The second-order valence-corrected chi connectivity index (χ2v) is 7.72. The summed E-state index contributed by atoms with van der Waals surface area (Å²) in [4.78, 5) is 8.61. The van der Waals surface area contributed by atoms with Crippen LogP contribution in [0.4, 0.5) is 13.2 Å². The summed E-state index contributed by atoms with van der Waals surface area (Å²) >= 11 is 0. The molecule has 25 heavy (non-hydrogen) atoms. The van der Waals surface area contributed by atoms with Crippen LogP contribution < -0.4 is 5.32 Å². The highest BCUT2D eigenvalue weighted by molar-refractivity contribution is 14.0. The van der Waals surface area contributed by atoms with Crippen molar-refractivity contribution >= 4 is 29.9 Å². The first-order valence-electron chi connectivity index (χ1n) is 9.21. The van der Waals surface area contributed by atoms with Crippen LogP contribution in [0.3, 0.4) is 0 Å². The van der Waals surface area contributed by atoms with Gasteiger partial charge in [0.1, 0.15) is 0 Å². The van der Waals surface area contributed by atoms with Gasteiger partial charge in [-0.15, -0.1) is 24.0 Å². The fraction of sp³-hybridized carbons (Fsp3) is 0.941. The molecule has 1 aliphatic carbocycles. The number of alkyl halides is 3. The molecule has 3 aliphatic rings. The van der Waals surface area contributed by atoms with E-state index in [9.17, 15) is 13.2 Å². The highest BCUT2D eigenvalue weighted by atomic mass is 127. The molecule has 2 aliphatic heterocycles. The van der Waals surface area contributed by atoms with E-state index in [-0.39, 0.29) is 29.9 Å². The third kappa shape index (κ3) is 5.61. The Morgan fingerprint density at radius 1 is 1.24 bits per heavy atom. The highest BCUT2D eigenvalue weighted by Crippen LogP contribution is 2.47. The predicted octanol–water partition coefficient (Wildman–Crippen LogP) is 3.33. The maximum atomic E-state index is 12.5. The Hall–Kier alpha value is -0.250. The average molecular weight is 474 g/mol. The van der Waals surface area contributed by atoms with Crippen molar-refractivity contribution in [3.63, 3.8) is 0 Å². The number of aliphatic imine (C=N–C) groups is 1. The van der Waals surface area contributed by atoms with Crippen LogP contribution in [0.15, 0.2) is 4.99 Å². The van der Waals surface area contributed by atoms with Crippen LogP contribution in [-0.2, 0) is 0 Å². The first-order valence-corrected chi connectivity index (χ1v) is 9.21. The lowest BCUT2D eigenvalue weighted by Crippen LogP contribution is -2.42. The average Bonchev–Trinajstić information content (AvgIpc) is 3.08. The lowest BCUT2D eigenvalue weighted by Gasteiger charge is -2.38. The Morgan fingerprint density at radius 3 is 2.56 bits per heavy atom. The number of nitrogens with one attached hydrogen (secondary N) is 1. The summed E-state index contributed by atoms with van der Waals surface area (Å²) in [5, 5.41) is 3.37. The zero-order valence-corrected chi connectivity index (χ0v) is 17.3. The maximum absolute atomic E-state index is 12.5. The van der Waals surface area contributed by atoms with E-state index in [0.717, 1.165) is 32.0 Å². The first-order chi connectivity index (χ1) is 11.4. The minimum Gasteiger partial charge on any atom is -0.357 e. The van der Waals surface area contributed by atoms with E-state index in [4.69, 9.17) is 4.99 Å². The Labute approximate surface area is 165 Å². The molecule has 0 aromatic heterocycles. The molecule has 2 heterocycles. The van der Waals surface area contributed by atoms with E-state index < -0.39 is 12.7 Å². The van der Waals surface area contributed by atoms with Gasteiger partial charge < -0.3 is 10.2 Å². The van der Waals surface area contributed by atoms with E-state index in [0.29, 0.717) is 25.0 Å². The molecule has 0 amide bonds. The number of guanidine groups is 1. The minimum absolute atomic E-state index is 0. The molecular formula is C17H30F3IN4. The van der Waals surface area contributed by atoms with Crippen LogP contribution in [0.1, 0.15) is 39.0 Å². The molecule has 0 bridgehead atoms. The van der Waals surface area contributed by atoms with Gasteiger partial charge in [-0.3, -0.25) is 9.89 Å². The molecule has 0 radical (unpaired) electrons. The monoisotopic (exact) mass is 474 g/mol. The van der Waals surface area contributed by atoms with Gasteiger partial charge >= 0.3 is 6.18 Å². The fourth-order valence-corrected chi connectivity index (χ4v) is 4.30. The number of halogens is 4. The van der Waals surface area contributed by atoms with E-state index in [1.807, 2.05) is 0 Å². The Kier molecular flexibility index (Phi) is 7.26. The third-order valence-corrected chi connectivity index (χ3v) is 5.76.